The highest BCUT2D eigenvalue weighted by molar-refractivity contribution is 7.80. The molecular weight excluding hydrogens is 291 g/mol. The number of imide groups is 1. The van der Waals surface area contributed by atoms with Gasteiger partial charge in [0.1, 0.15) is 10.8 Å². The van der Waals surface area contributed by atoms with Gasteiger partial charge in [-0.3, -0.25) is 9.59 Å². The lowest BCUT2D eigenvalue weighted by Gasteiger charge is -2.23. The van der Waals surface area contributed by atoms with Gasteiger partial charge in [-0.05, 0) is 31.0 Å². The molecule has 0 aliphatic carbocycles. The third-order valence-electron chi connectivity index (χ3n) is 4.22. The van der Waals surface area contributed by atoms with Gasteiger partial charge in [0.2, 0.25) is 11.8 Å². The molecule has 1 aliphatic heterocycles. The average molecular weight is 308 g/mol. The number of thiocarbonyl (C=S) groups is 1. The molecule has 0 radical (unpaired) electrons. The van der Waals surface area contributed by atoms with E-state index >= 15 is 0 Å². The van der Waals surface area contributed by atoms with E-state index in [0.29, 0.717) is 18.4 Å². The molecule has 0 aromatic heterocycles. The van der Waals surface area contributed by atoms with Gasteiger partial charge >= 0.3 is 0 Å². The van der Waals surface area contributed by atoms with Crippen LogP contribution in [0.5, 0.6) is 0 Å². The highest BCUT2D eigenvalue weighted by atomic mass is 32.1. The molecule has 0 saturated carbocycles. The molecule has 1 heterocycles. The third-order valence-corrected chi connectivity index (χ3v) is 4.46. The SMILES string of the molecule is CCC1(CC)CC(=O)N(c2ccc(C(N)=S)cc2F)C1=O. The van der Waals surface area contributed by atoms with Crippen molar-refractivity contribution in [2.45, 2.75) is 33.1 Å². The summed E-state index contributed by atoms with van der Waals surface area (Å²) in [4.78, 5) is 25.8. The maximum absolute atomic E-state index is 14.2. The Bertz CT molecular complexity index is 626. The molecule has 2 amide bonds. The summed E-state index contributed by atoms with van der Waals surface area (Å²) in [6.45, 7) is 3.73. The van der Waals surface area contributed by atoms with Crippen LogP contribution in [0.4, 0.5) is 10.1 Å². The third kappa shape index (κ3) is 2.44. The smallest absolute Gasteiger partial charge is 0.240 e. The van der Waals surface area contributed by atoms with Gasteiger partial charge in [-0.1, -0.05) is 26.1 Å². The second kappa shape index (κ2) is 5.52. The zero-order valence-electron chi connectivity index (χ0n) is 12.0. The number of hydrogen-bond donors (Lipinski definition) is 1. The number of carbonyl (C=O) groups is 2. The monoisotopic (exact) mass is 308 g/mol. The van der Waals surface area contributed by atoms with E-state index in [1.807, 2.05) is 13.8 Å². The summed E-state index contributed by atoms with van der Waals surface area (Å²) in [6, 6.07) is 4.04. The van der Waals surface area contributed by atoms with Gasteiger partial charge in [-0.2, -0.15) is 0 Å². The second-order valence-corrected chi connectivity index (χ2v) is 5.67. The number of hydrogen-bond acceptors (Lipinski definition) is 3. The molecule has 21 heavy (non-hydrogen) atoms. The fourth-order valence-electron chi connectivity index (χ4n) is 2.68. The van der Waals surface area contributed by atoms with E-state index < -0.39 is 11.2 Å². The van der Waals surface area contributed by atoms with Crippen molar-refractivity contribution < 1.29 is 14.0 Å². The summed E-state index contributed by atoms with van der Waals surface area (Å²) < 4.78 is 14.2. The zero-order chi connectivity index (χ0) is 15.8. The minimum Gasteiger partial charge on any atom is -0.389 e. The average Bonchev–Trinajstić information content (AvgIpc) is 2.70. The highest BCUT2D eigenvalue weighted by Gasteiger charge is 2.50. The molecule has 1 aromatic carbocycles. The first-order chi connectivity index (χ1) is 9.86. The zero-order valence-corrected chi connectivity index (χ0v) is 12.8. The van der Waals surface area contributed by atoms with Crippen LogP contribution in [-0.2, 0) is 9.59 Å². The standard InChI is InChI=1S/C15H17FN2O2S/c1-3-15(4-2)8-12(19)18(14(15)20)11-6-5-9(13(17)21)7-10(11)16/h5-7H,3-4,8H2,1-2H3,(H2,17,21). The van der Waals surface area contributed by atoms with Crippen molar-refractivity contribution in [1.29, 1.82) is 0 Å². The normalized spacial score (nSPS) is 17.4. The van der Waals surface area contributed by atoms with Gasteiger partial charge in [0, 0.05) is 12.0 Å². The lowest BCUT2D eigenvalue weighted by atomic mass is 9.81. The number of benzene rings is 1. The summed E-state index contributed by atoms with van der Waals surface area (Å²) in [6.07, 6.45) is 1.23. The van der Waals surface area contributed by atoms with Crippen molar-refractivity contribution >= 4 is 34.7 Å². The number of amides is 2. The van der Waals surface area contributed by atoms with Crippen LogP contribution in [0.15, 0.2) is 18.2 Å². The van der Waals surface area contributed by atoms with Crippen LogP contribution < -0.4 is 10.6 Å². The Hall–Kier alpha value is -1.82. The van der Waals surface area contributed by atoms with Crippen molar-refractivity contribution in [3.05, 3.63) is 29.6 Å². The van der Waals surface area contributed by atoms with E-state index in [2.05, 4.69) is 0 Å². The second-order valence-electron chi connectivity index (χ2n) is 5.23. The summed E-state index contributed by atoms with van der Waals surface area (Å²) in [5, 5.41) is 0. The van der Waals surface area contributed by atoms with E-state index in [0.717, 1.165) is 11.0 Å². The molecule has 112 valence electrons. The predicted octanol–water partition coefficient (Wildman–Crippen LogP) is 2.53. The van der Waals surface area contributed by atoms with Crippen LogP contribution in [0.1, 0.15) is 38.7 Å². The molecule has 4 nitrogen and oxygen atoms in total. The summed E-state index contributed by atoms with van der Waals surface area (Å²) in [5.74, 6) is -1.38. The molecule has 1 aromatic rings. The molecule has 0 bridgehead atoms. The molecule has 1 fully saturated rings. The summed E-state index contributed by atoms with van der Waals surface area (Å²) >= 11 is 4.78. The van der Waals surface area contributed by atoms with Gasteiger partial charge < -0.3 is 5.73 Å². The predicted molar refractivity (Wildman–Crippen MR) is 82.4 cm³/mol. The molecule has 0 spiro atoms. The van der Waals surface area contributed by atoms with Crippen LogP contribution in [-0.4, -0.2) is 16.8 Å². The maximum atomic E-state index is 14.2. The van der Waals surface area contributed by atoms with E-state index in [4.69, 9.17) is 18.0 Å². The Morgan fingerprint density at radius 1 is 1.38 bits per heavy atom. The van der Waals surface area contributed by atoms with Crippen molar-refractivity contribution in [2.75, 3.05) is 4.90 Å². The molecule has 2 N–H and O–H groups in total. The number of nitrogens with zero attached hydrogens (tertiary/aromatic N) is 1. The van der Waals surface area contributed by atoms with Gasteiger partial charge in [0.15, 0.2) is 0 Å². The molecule has 0 unspecified atom stereocenters. The van der Waals surface area contributed by atoms with Crippen molar-refractivity contribution in [3.8, 4) is 0 Å². The quantitative estimate of drug-likeness (QED) is 0.686. The molecular formula is C15H17FN2O2S. The number of anilines is 1. The maximum Gasteiger partial charge on any atom is 0.240 e. The number of nitrogens with two attached hydrogens (primary N) is 1. The number of rotatable bonds is 4. The Morgan fingerprint density at radius 3 is 2.43 bits per heavy atom. The summed E-state index contributed by atoms with van der Waals surface area (Å²) in [7, 11) is 0. The van der Waals surface area contributed by atoms with Gasteiger partial charge in [0.05, 0.1) is 11.1 Å². The number of carbonyl (C=O) groups excluding carboxylic acids is 2. The van der Waals surface area contributed by atoms with Crippen molar-refractivity contribution in [2.24, 2.45) is 11.1 Å². The molecule has 2 rings (SSSR count). The first-order valence-corrected chi connectivity index (χ1v) is 7.24. The molecule has 0 atom stereocenters. The van der Waals surface area contributed by atoms with E-state index in [-0.39, 0.29) is 28.9 Å². The van der Waals surface area contributed by atoms with Gasteiger partial charge in [-0.25, -0.2) is 9.29 Å². The fraction of sp³-hybridized carbons (Fsp3) is 0.400. The van der Waals surface area contributed by atoms with E-state index in [1.165, 1.54) is 12.1 Å². The van der Waals surface area contributed by atoms with Crippen LogP contribution in [0, 0.1) is 11.2 Å². The Morgan fingerprint density at radius 2 is 2.00 bits per heavy atom. The molecule has 1 saturated heterocycles. The van der Waals surface area contributed by atoms with E-state index in [1.54, 1.807) is 0 Å². The lowest BCUT2D eigenvalue weighted by Crippen LogP contribution is -2.35. The number of halogens is 1. The van der Waals surface area contributed by atoms with Crippen LogP contribution in [0.3, 0.4) is 0 Å². The van der Waals surface area contributed by atoms with Gasteiger partial charge in [0.25, 0.3) is 0 Å². The highest BCUT2D eigenvalue weighted by Crippen LogP contribution is 2.41. The first-order valence-electron chi connectivity index (χ1n) is 6.83. The van der Waals surface area contributed by atoms with Crippen LogP contribution in [0.2, 0.25) is 0 Å². The minimum absolute atomic E-state index is 0.0335. The summed E-state index contributed by atoms with van der Waals surface area (Å²) in [5.41, 5.74) is 5.06. The van der Waals surface area contributed by atoms with Gasteiger partial charge in [-0.15, -0.1) is 0 Å². The van der Waals surface area contributed by atoms with Crippen molar-refractivity contribution in [3.63, 3.8) is 0 Å². The Labute approximate surface area is 128 Å². The fourth-order valence-corrected chi connectivity index (χ4v) is 2.81. The molecule has 6 heteroatoms. The van der Waals surface area contributed by atoms with E-state index in [9.17, 15) is 14.0 Å². The first kappa shape index (κ1) is 15.6. The largest absolute Gasteiger partial charge is 0.389 e. The van der Waals surface area contributed by atoms with Crippen LogP contribution in [0.25, 0.3) is 0 Å². The Balaban J connectivity index is 2.45. The lowest BCUT2D eigenvalue weighted by molar-refractivity contribution is -0.126. The minimum atomic E-state index is -0.717. The topological polar surface area (TPSA) is 63.4 Å². The molecule has 1 aliphatic rings. The van der Waals surface area contributed by atoms with Crippen LogP contribution >= 0.6 is 12.2 Å². The van der Waals surface area contributed by atoms with Crippen molar-refractivity contribution in [1.82, 2.24) is 0 Å². The Kier molecular flexibility index (Phi) is 4.09.